The molecule has 6 unspecified atom stereocenters. The number of carbonyl (C=O) groups excluding carboxylic acids is 2. The molecule has 59 heavy (non-hydrogen) atoms. The number of aliphatic carboxylic acids is 1. The number of hydrogen-bond donors (Lipinski definition) is 4. The molecule has 0 spiro atoms. The van der Waals surface area contributed by atoms with Gasteiger partial charge in [0.2, 0.25) is 0 Å². The van der Waals surface area contributed by atoms with Crippen molar-refractivity contribution in [3.63, 3.8) is 0 Å². The van der Waals surface area contributed by atoms with Gasteiger partial charge in [0.15, 0.2) is 18.5 Å². The SMILES string of the molecule is CCCCC/C=C\C/C=C\CCCCCCCCCC(=O)OCC(COC1OC(C(=O)O)C(O)C(O)C1O)OC(=O)CCCCCCC/C=C\CCCCCCCCC. The van der Waals surface area contributed by atoms with E-state index < -0.39 is 61.3 Å². The third-order valence-corrected chi connectivity index (χ3v) is 10.7. The molecule has 0 aromatic heterocycles. The zero-order chi connectivity index (χ0) is 43.2. The highest BCUT2D eigenvalue weighted by Gasteiger charge is 2.47. The van der Waals surface area contributed by atoms with Crippen LogP contribution in [0.4, 0.5) is 0 Å². The number of aliphatic hydroxyl groups excluding tert-OH is 3. The number of carboxylic acid groups (broad SMARTS) is 1. The highest BCUT2D eigenvalue weighted by atomic mass is 16.7. The molecular weight excluding hydrogens is 753 g/mol. The van der Waals surface area contributed by atoms with Crippen molar-refractivity contribution in [3.8, 4) is 0 Å². The van der Waals surface area contributed by atoms with Crippen molar-refractivity contribution in [3.05, 3.63) is 36.5 Å². The van der Waals surface area contributed by atoms with E-state index >= 15 is 0 Å². The van der Waals surface area contributed by atoms with Gasteiger partial charge in [0.05, 0.1) is 6.61 Å². The van der Waals surface area contributed by atoms with Crippen LogP contribution in [0.3, 0.4) is 0 Å². The van der Waals surface area contributed by atoms with E-state index in [-0.39, 0.29) is 19.4 Å². The Morgan fingerprint density at radius 2 is 0.949 bits per heavy atom. The highest BCUT2D eigenvalue weighted by molar-refractivity contribution is 5.73. The molecule has 1 fully saturated rings. The molecule has 1 rings (SSSR count). The van der Waals surface area contributed by atoms with Gasteiger partial charge in [-0.3, -0.25) is 9.59 Å². The van der Waals surface area contributed by atoms with Gasteiger partial charge in [-0.2, -0.15) is 0 Å². The Balaban J connectivity index is 2.36. The van der Waals surface area contributed by atoms with Gasteiger partial charge in [-0.15, -0.1) is 0 Å². The highest BCUT2D eigenvalue weighted by Crippen LogP contribution is 2.23. The first kappa shape index (κ1) is 54.4. The maximum Gasteiger partial charge on any atom is 0.335 e. The zero-order valence-electron chi connectivity index (χ0n) is 37.0. The third-order valence-electron chi connectivity index (χ3n) is 10.7. The lowest BCUT2D eigenvalue weighted by atomic mass is 9.99. The largest absolute Gasteiger partial charge is 0.479 e. The first-order valence-corrected chi connectivity index (χ1v) is 23.5. The Labute approximate surface area is 357 Å². The number of aliphatic hydroxyl groups is 3. The minimum atomic E-state index is -1.86. The van der Waals surface area contributed by atoms with Gasteiger partial charge in [0.25, 0.3) is 0 Å². The fourth-order valence-corrected chi connectivity index (χ4v) is 6.96. The minimum absolute atomic E-state index is 0.172. The molecule has 11 nitrogen and oxygen atoms in total. The summed E-state index contributed by atoms with van der Waals surface area (Å²) in [5, 5.41) is 39.8. The first-order valence-electron chi connectivity index (χ1n) is 23.5. The summed E-state index contributed by atoms with van der Waals surface area (Å²) >= 11 is 0. The van der Waals surface area contributed by atoms with E-state index in [0.29, 0.717) is 12.8 Å². The summed E-state index contributed by atoms with van der Waals surface area (Å²) in [6, 6.07) is 0. The lowest BCUT2D eigenvalue weighted by Gasteiger charge is -2.38. The quantitative estimate of drug-likeness (QED) is 0.0264. The minimum Gasteiger partial charge on any atom is -0.479 e. The molecule has 0 saturated carbocycles. The molecule has 1 saturated heterocycles. The van der Waals surface area contributed by atoms with Crippen LogP contribution in [0.15, 0.2) is 36.5 Å². The third kappa shape index (κ3) is 30.2. The van der Waals surface area contributed by atoms with Crippen LogP contribution < -0.4 is 0 Å². The van der Waals surface area contributed by atoms with Crippen molar-refractivity contribution in [2.75, 3.05) is 13.2 Å². The molecule has 342 valence electrons. The van der Waals surface area contributed by atoms with E-state index in [9.17, 15) is 34.8 Å². The summed E-state index contributed by atoms with van der Waals surface area (Å²) in [6.07, 6.45) is 34.7. The topological polar surface area (TPSA) is 169 Å². The van der Waals surface area contributed by atoms with E-state index in [1.54, 1.807) is 0 Å². The summed E-state index contributed by atoms with van der Waals surface area (Å²) in [5.41, 5.74) is 0. The van der Waals surface area contributed by atoms with Gasteiger partial charge in [-0.1, -0.05) is 153 Å². The number of unbranched alkanes of at least 4 members (excludes halogenated alkanes) is 22. The fraction of sp³-hybridized carbons (Fsp3) is 0.812. The molecule has 1 aliphatic heterocycles. The maximum atomic E-state index is 12.8. The van der Waals surface area contributed by atoms with Crippen LogP contribution >= 0.6 is 0 Å². The molecule has 0 bridgehead atoms. The molecule has 6 atom stereocenters. The Kier molecular flexibility index (Phi) is 35.4. The van der Waals surface area contributed by atoms with Crippen LogP contribution in [0.2, 0.25) is 0 Å². The number of carboxylic acids is 1. The van der Waals surface area contributed by atoms with Crippen molar-refractivity contribution < 1.29 is 53.8 Å². The number of hydrogen-bond acceptors (Lipinski definition) is 10. The van der Waals surface area contributed by atoms with E-state index in [1.807, 2.05) is 0 Å². The van der Waals surface area contributed by atoms with E-state index in [0.717, 1.165) is 70.6 Å². The van der Waals surface area contributed by atoms with Gasteiger partial charge < -0.3 is 39.4 Å². The molecule has 1 heterocycles. The predicted octanol–water partition coefficient (Wildman–Crippen LogP) is 10.4. The molecule has 4 N–H and O–H groups in total. The molecule has 0 aromatic rings. The van der Waals surface area contributed by atoms with Crippen LogP contribution in [0.5, 0.6) is 0 Å². The number of rotatable bonds is 39. The lowest BCUT2D eigenvalue weighted by molar-refractivity contribution is -0.298. The van der Waals surface area contributed by atoms with Crippen LogP contribution in [-0.4, -0.2) is 88.4 Å². The average Bonchev–Trinajstić information content (AvgIpc) is 3.22. The van der Waals surface area contributed by atoms with Crippen LogP contribution in [-0.2, 0) is 33.3 Å². The summed E-state index contributed by atoms with van der Waals surface area (Å²) in [5.74, 6) is -2.46. The van der Waals surface area contributed by atoms with Gasteiger partial charge >= 0.3 is 17.9 Å². The first-order chi connectivity index (χ1) is 28.7. The van der Waals surface area contributed by atoms with Gasteiger partial charge in [-0.25, -0.2) is 4.79 Å². The number of allylic oxidation sites excluding steroid dienone is 6. The molecule has 0 aliphatic carbocycles. The second-order valence-corrected chi connectivity index (χ2v) is 16.2. The number of carbonyl (C=O) groups is 3. The Bertz CT molecular complexity index is 1120. The fourth-order valence-electron chi connectivity index (χ4n) is 6.96. The van der Waals surface area contributed by atoms with Crippen molar-refractivity contribution in [1.82, 2.24) is 0 Å². The van der Waals surface area contributed by atoms with Gasteiger partial charge in [0, 0.05) is 12.8 Å². The number of esters is 2. The van der Waals surface area contributed by atoms with Crippen molar-refractivity contribution in [2.24, 2.45) is 0 Å². The van der Waals surface area contributed by atoms with Crippen molar-refractivity contribution >= 4 is 17.9 Å². The molecule has 0 amide bonds. The molecule has 0 radical (unpaired) electrons. The summed E-state index contributed by atoms with van der Waals surface area (Å²) in [6.45, 7) is 3.78. The monoisotopic (exact) mass is 837 g/mol. The summed E-state index contributed by atoms with van der Waals surface area (Å²) in [7, 11) is 0. The molecular formula is C48H84O11. The van der Waals surface area contributed by atoms with Crippen LogP contribution in [0.1, 0.15) is 200 Å². The second-order valence-electron chi connectivity index (χ2n) is 16.2. The van der Waals surface area contributed by atoms with E-state index in [2.05, 4.69) is 50.3 Å². The predicted molar refractivity (Wildman–Crippen MR) is 234 cm³/mol. The average molecular weight is 837 g/mol. The smallest absolute Gasteiger partial charge is 0.335 e. The Morgan fingerprint density at radius 1 is 0.525 bits per heavy atom. The zero-order valence-corrected chi connectivity index (χ0v) is 37.0. The molecule has 1 aliphatic rings. The van der Waals surface area contributed by atoms with Gasteiger partial charge in [-0.05, 0) is 70.6 Å². The Morgan fingerprint density at radius 3 is 1.46 bits per heavy atom. The van der Waals surface area contributed by atoms with E-state index in [4.69, 9.17) is 18.9 Å². The lowest BCUT2D eigenvalue weighted by Crippen LogP contribution is -2.60. The molecule has 0 aromatic carbocycles. The van der Waals surface area contributed by atoms with Crippen molar-refractivity contribution in [2.45, 2.75) is 237 Å². The Hall–Kier alpha value is -2.57. The normalized spacial score (nSPS) is 20.2. The molecule has 11 heteroatoms. The second kappa shape index (κ2) is 38.4. The van der Waals surface area contributed by atoms with Crippen LogP contribution in [0, 0.1) is 0 Å². The summed E-state index contributed by atoms with van der Waals surface area (Å²) in [4.78, 5) is 36.9. The van der Waals surface area contributed by atoms with Crippen molar-refractivity contribution in [1.29, 1.82) is 0 Å². The number of ether oxygens (including phenoxy) is 4. The van der Waals surface area contributed by atoms with Crippen LogP contribution in [0.25, 0.3) is 0 Å². The van der Waals surface area contributed by atoms with E-state index in [1.165, 1.54) is 89.9 Å². The maximum absolute atomic E-state index is 12.8. The summed E-state index contributed by atoms with van der Waals surface area (Å²) < 4.78 is 21.7. The standard InChI is InChI=1S/C48H84O11/c1-3-5-7-9-11-13-15-17-19-21-23-24-26-28-30-32-34-36-41(49)56-38-40(39-57-48-45(53)43(51)44(52)46(59-48)47(54)55)58-42(50)37-35-33-31-29-27-25-22-20-18-16-14-12-10-8-6-4-2/h11,13,17,19-20,22,40,43-46,48,51-53H,3-10,12,14-16,18,21,23-39H2,1-2H3,(H,54,55)/b13-11-,19-17-,22-20-. The van der Waals surface area contributed by atoms with Gasteiger partial charge in [0.1, 0.15) is 24.9 Å².